The van der Waals surface area contributed by atoms with Crippen LogP contribution in [0.1, 0.15) is 54.5 Å². The van der Waals surface area contributed by atoms with Gasteiger partial charge in [-0.1, -0.05) is 37.7 Å². The molecule has 2 aromatic heterocycles. The molecule has 30 heavy (non-hydrogen) atoms. The van der Waals surface area contributed by atoms with Crippen LogP contribution in [0.15, 0.2) is 35.5 Å². The number of hydrogen-bond donors (Lipinski definition) is 0. The maximum Gasteiger partial charge on any atom is 0.191 e. The topological polar surface area (TPSA) is 52.7 Å². The SMILES string of the molecule is Cc1cc(C(=O)CSc2nnc(-c3ccccc3F)n2CC(C)C)c(C)n1C1CC1. The normalized spacial score (nSPS) is 13.9. The number of carbonyl (C=O) groups excluding carboxylic acids is 1. The minimum absolute atomic E-state index is 0.0894. The molecule has 1 fully saturated rings. The lowest BCUT2D eigenvalue weighted by molar-refractivity contribution is 0.102. The zero-order chi connectivity index (χ0) is 21.4. The number of hydrogen-bond acceptors (Lipinski definition) is 4. The van der Waals surface area contributed by atoms with Crippen LogP contribution in [0.3, 0.4) is 0 Å². The number of ketones is 1. The second kappa shape index (κ2) is 8.38. The lowest BCUT2D eigenvalue weighted by Gasteiger charge is -2.13. The van der Waals surface area contributed by atoms with E-state index in [1.165, 1.54) is 30.7 Å². The first-order valence-electron chi connectivity index (χ1n) is 10.4. The zero-order valence-corrected chi connectivity index (χ0v) is 18.7. The Balaban J connectivity index is 1.57. The second-order valence-corrected chi connectivity index (χ2v) is 9.33. The standard InChI is InChI=1S/C23H27FN4OS/c1-14(2)12-27-22(18-7-5-6-8-20(18)24)25-26-23(27)30-13-21(29)19-11-15(3)28(16(19)4)17-9-10-17/h5-8,11,14,17H,9-10,12-13H2,1-4H3. The molecule has 0 saturated heterocycles. The first-order chi connectivity index (χ1) is 14.4. The average molecular weight is 427 g/mol. The fourth-order valence-electron chi connectivity index (χ4n) is 3.93. The van der Waals surface area contributed by atoms with Gasteiger partial charge in [-0.3, -0.25) is 4.79 Å². The summed E-state index contributed by atoms with van der Waals surface area (Å²) in [6, 6.07) is 9.14. The fraction of sp³-hybridized carbons (Fsp3) is 0.435. The molecule has 0 N–H and O–H groups in total. The van der Waals surface area contributed by atoms with Crippen LogP contribution in [-0.2, 0) is 6.54 Å². The zero-order valence-electron chi connectivity index (χ0n) is 17.9. The van der Waals surface area contributed by atoms with Crippen LogP contribution >= 0.6 is 11.8 Å². The fourth-order valence-corrected chi connectivity index (χ4v) is 4.76. The van der Waals surface area contributed by atoms with Crippen molar-refractivity contribution in [2.24, 2.45) is 5.92 Å². The molecule has 1 aliphatic rings. The van der Waals surface area contributed by atoms with E-state index in [-0.39, 0.29) is 17.4 Å². The lowest BCUT2D eigenvalue weighted by Crippen LogP contribution is -2.10. The smallest absolute Gasteiger partial charge is 0.191 e. The summed E-state index contributed by atoms with van der Waals surface area (Å²) in [5.74, 6) is 0.881. The molecule has 158 valence electrons. The average Bonchev–Trinajstić information content (AvgIpc) is 3.39. The molecule has 0 amide bonds. The molecule has 0 aliphatic heterocycles. The molecule has 1 saturated carbocycles. The van der Waals surface area contributed by atoms with Gasteiger partial charge in [0.15, 0.2) is 16.8 Å². The van der Waals surface area contributed by atoms with Gasteiger partial charge in [0.1, 0.15) is 5.82 Å². The van der Waals surface area contributed by atoms with Crippen LogP contribution in [-0.4, -0.2) is 30.9 Å². The molecule has 0 unspecified atom stereocenters. The number of carbonyl (C=O) groups is 1. The van der Waals surface area contributed by atoms with Gasteiger partial charge in [0.2, 0.25) is 0 Å². The highest BCUT2D eigenvalue weighted by molar-refractivity contribution is 7.99. The lowest BCUT2D eigenvalue weighted by atomic mass is 10.2. The van der Waals surface area contributed by atoms with E-state index in [1.807, 2.05) is 17.6 Å². The number of Topliss-reactive ketones (excluding diaryl/α,β-unsaturated/α-hetero) is 1. The molecule has 7 heteroatoms. The molecule has 1 aliphatic carbocycles. The van der Waals surface area contributed by atoms with Crippen molar-refractivity contribution in [1.29, 1.82) is 0 Å². The van der Waals surface area contributed by atoms with E-state index in [9.17, 15) is 9.18 Å². The molecular weight excluding hydrogens is 399 g/mol. The number of halogens is 1. The van der Waals surface area contributed by atoms with E-state index in [1.54, 1.807) is 18.2 Å². The van der Waals surface area contributed by atoms with Gasteiger partial charge >= 0.3 is 0 Å². The monoisotopic (exact) mass is 426 g/mol. The van der Waals surface area contributed by atoms with Crippen molar-refractivity contribution < 1.29 is 9.18 Å². The number of aryl methyl sites for hydroxylation is 1. The van der Waals surface area contributed by atoms with Gasteiger partial charge in [-0.25, -0.2) is 4.39 Å². The Hall–Kier alpha value is -2.41. The van der Waals surface area contributed by atoms with E-state index >= 15 is 0 Å². The van der Waals surface area contributed by atoms with Crippen molar-refractivity contribution in [2.75, 3.05) is 5.75 Å². The summed E-state index contributed by atoms with van der Waals surface area (Å²) in [6.45, 7) is 8.94. The van der Waals surface area contributed by atoms with Gasteiger partial charge in [-0.05, 0) is 50.8 Å². The molecule has 2 heterocycles. The minimum Gasteiger partial charge on any atom is -0.345 e. The molecule has 0 atom stereocenters. The number of nitrogens with zero attached hydrogens (tertiary/aromatic N) is 4. The van der Waals surface area contributed by atoms with E-state index in [2.05, 4.69) is 35.5 Å². The molecule has 0 bridgehead atoms. The summed E-state index contributed by atoms with van der Waals surface area (Å²) in [4.78, 5) is 13.0. The highest BCUT2D eigenvalue weighted by Crippen LogP contribution is 2.38. The van der Waals surface area contributed by atoms with E-state index in [0.29, 0.717) is 35.0 Å². The number of benzene rings is 1. The molecule has 1 aromatic carbocycles. The predicted molar refractivity (Wildman–Crippen MR) is 117 cm³/mol. The summed E-state index contributed by atoms with van der Waals surface area (Å²) in [5.41, 5.74) is 3.41. The Bertz CT molecular complexity index is 1080. The van der Waals surface area contributed by atoms with Gasteiger partial charge in [-0.15, -0.1) is 10.2 Å². The quantitative estimate of drug-likeness (QED) is 0.354. The van der Waals surface area contributed by atoms with Gasteiger partial charge < -0.3 is 9.13 Å². The number of aromatic nitrogens is 4. The molecule has 0 spiro atoms. The number of thioether (sulfide) groups is 1. The Labute approximate surface area is 180 Å². The van der Waals surface area contributed by atoms with Crippen molar-refractivity contribution >= 4 is 17.5 Å². The summed E-state index contributed by atoms with van der Waals surface area (Å²) >= 11 is 1.37. The third kappa shape index (κ3) is 4.08. The van der Waals surface area contributed by atoms with Crippen LogP contribution < -0.4 is 0 Å². The van der Waals surface area contributed by atoms with Crippen LogP contribution in [0, 0.1) is 25.6 Å². The Morgan fingerprint density at radius 1 is 1.23 bits per heavy atom. The summed E-state index contributed by atoms with van der Waals surface area (Å²) in [5, 5.41) is 9.19. The first-order valence-corrected chi connectivity index (χ1v) is 11.4. The van der Waals surface area contributed by atoms with Gasteiger partial charge in [0.25, 0.3) is 0 Å². The van der Waals surface area contributed by atoms with Crippen LogP contribution in [0.2, 0.25) is 0 Å². The molecule has 5 nitrogen and oxygen atoms in total. The second-order valence-electron chi connectivity index (χ2n) is 8.39. The van der Waals surface area contributed by atoms with Crippen molar-refractivity contribution in [3.8, 4) is 11.4 Å². The molecule has 3 aromatic rings. The molecular formula is C23H27FN4OS. The maximum atomic E-state index is 14.3. The maximum absolute atomic E-state index is 14.3. The predicted octanol–water partition coefficient (Wildman–Crippen LogP) is 5.47. The summed E-state index contributed by atoms with van der Waals surface area (Å²) in [6.07, 6.45) is 2.38. The Kier molecular flexibility index (Phi) is 5.82. The van der Waals surface area contributed by atoms with Crippen molar-refractivity contribution in [2.45, 2.75) is 58.3 Å². The first kappa shape index (κ1) is 20.8. The van der Waals surface area contributed by atoms with Crippen molar-refractivity contribution in [1.82, 2.24) is 19.3 Å². The third-order valence-electron chi connectivity index (χ3n) is 5.41. The molecule has 4 rings (SSSR count). The summed E-state index contributed by atoms with van der Waals surface area (Å²) < 4.78 is 18.6. The summed E-state index contributed by atoms with van der Waals surface area (Å²) in [7, 11) is 0. The molecule has 0 radical (unpaired) electrons. The highest BCUT2D eigenvalue weighted by atomic mass is 32.2. The van der Waals surface area contributed by atoms with Crippen LogP contribution in [0.5, 0.6) is 0 Å². The van der Waals surface area contributed by atoms with Gasteiger partial charge in [-0.2, -0.15) is 0 Å². The van der Waals surface area contributed by atoms with Gasteiger partial charge in [0, 0.05) is 29.5 Å². The third-order valence-corrected chi connectivity index (χ3v) is 6.38. The van der Waals surface area contributed by atoms with Crippen molar-refractivity contribution in [3.63, 3.8) is 0 Å². The highest BCUT2D eigenvalue weighted by Gasteiger charge is 2.28. The van der Waals surface area contributed by atoms with Crippen LogP contribution in [0.25, 0.3) is 11.4 Å². The van der Waals surface area contributed by atoms with Crippen molar-refractivity contribution in [3.05, 3.63) is 53.1 Å². The van der Waals surface area contributed by atoms with Gasteiger partial charge in [0.05, 0.1) is 11.3 Å². The largest absolute Gasteiger partial charge is 0.345 e. The Morgan fingerprint density at radius 3 is 2.63 bits per heavy atom. The van der Waals surface area contributed by atoms with E-state index in [4.69, 9.17) is 0 Å². The van der Waals surface area contributed by atoms with E-state index < -0.39 is 0 Å². The van der Waals surface area contributed by atoms with E-state index in [0.717, 1.165) is 17.0 Å². The van der Waals surface area contributed by atoms with Crippen LogP contribution in [0.4, 0.5) is 4.39 Å². The number of rotatable bonds is 8. The minimum atomic E-state index is -0.324. The Morgan fingerprint density at radius 2 is 1.97 bits per heavy atom.